The van der Waals surface area contributed by atoms with Crippen molar-refractivity contribution in [3.63, 3.8) is 0 Å². The van der Waals surface area contributed by atoms with Gasteiger partial charge in [-0.2, -0.15) is 0 Å². The first-order valence-corrected chi connectivity index (χ1v) is 3.57. The quantitative estimate of drug-likeness (QED) is 0.433. The van der Waals surface area contributed by atoms with Crippen LogP contribution in [-0.4, -0.2) is 6.73 Å². The summed E-state index contributed by atoms with van der Waals surface area (Å²) in [6, 6.07) is 0. The maximum atomic E-state index is 4.68. The maximum Gasteiger partial charge on any atom is 0.130 e. The van der Waals surface area contributed by atoms with Gasteiger partial charge in [-0.15, -0.1) is 4.89 Å². The van der Waals surface area contributed by atoms with E-state index in [-0.39, 0.29) is 9.83 Å². The van der Waals surface area contributed by atoms with E-state index in [9.17, 15) is 0 Å². The van der Waals surface area contributed by atoms with Crippen LogP contribution >= 0.6 is 0 Å². The van der Waals surface area contributed by atoms with Crippen molar-refractivity contribution in [3.05, 3.63) is 0 Å². The molecule has 6 heavy (non-hydrogen) atoms. The molecule has 0 aliphatic carbocycles. The van der Waals surface area contributed by atoms with Gasteiger partial charge in [0.15, 0.2) is 0 Å². The third kappa shape index (κ3) is 0.954. The largest absolute Gasteiger partial charge is 0.273 e. The van der Waals surface area contributed by atoms with Crippen molar-refractivity contribution < 1.29 is 4.84 Å². The molecule has 1 heterocycles. The normalized spacial score (nSPS) is 34.3. The van der Waals surface area contributed by atoms with E-state index in [2.05, 4.69) is 25.6 Å². The Morgan fingerprint density at radius 2 is 2.67 bits per heavy atom. The molecule has 1 atom stereocenters. The first-order valence-electron chi connectivity index (χ1n) is 1.42. The number of hydrogen-bond donors (Lipinski definition) is 2. The Morgan fingerprint density at radius 1 is 1.83 bits per heavy atom. The summed E-state index contributed by atoms with van der Waals surface area (Å²) in [6.07, 6.45) is 0. The van der Waals surface area contributed by atoms with E-state index in [1.165, 1.54) is 0 Å². The molecule has 0 aromatic carbocycles. The van der Waals surface area contributed by atoms with Crippen molar-refractivity contribution in [2.45, 2.75) is 0 Å². The molecule has 0 spiro atoms. The first-order chi connectivity index (χ1) is 2.89. The van der Waals surface area contributed by atoms with Gasteiger partial charge in [0.1, 0.15) is 6.73 Å². The monoisotopic (exact) mass is 124 g/mol. The molecule has 0 aromatic rings. The van der Waals surface area contributed by atoms with E-state index in [4.69, 9.17) is 0 Å². The highest BCUT2D eigenvalue weighted by Gasteiger charge is 1.98. The fraction of sp³-hybridized carbons (Fsp3) is 1.00. The predicted molar refractivity (Wildman–Crippen MR) is 27.0 cm³/mol. The van der Waals surface area contributed by atoms with Gasteiger partial charge in [0.05, 0.1) is 0 Å². The molecular formula is CH4N2OS2. The minimum atomic E-state index is -0.312. The van der Waals surface area contributed by atoms with Gasteiger partial charge in [-0.25, -0.2) is 4.72 Å². The van der Waals surface area contributed by atoms with Crippen LogP contribution in [0.1, 0.15) is 0 Å². The van der Waals surface area contributed by atoms with Gasteiger partial charge in [-0.3, -0.25) is 4.84 Å². The van der Waals surface area contributed by atoms with Crippen molar-refractivity contribution in [2.24, 2.45) is 0 Å². The Morgan fingerprint density at radius 3 is 2.83 bits per heavy atom. The molecule has 3 nitrogen and oxygen atoms in total. The standard InChI is InChI=1S/CH4N2OS2/c5-6-2-1-4-3-6/h2-3H,1H2. The van der Waals surface area contributed by atoms with Gasteiger partial charge in [0.2, 0.25) is 0 Å². The number of rotatable bonds is 0. The fourth-order valence-corrected chi connectivity index (χ4v) is 0.875. The molecular weight excluding hydrogens is 120 g/mol. The van der Waals surface area contributed by atoms with Gasteiger partial charge >= 0.3 is 0 Å². The summed E-state index contributed by atoms with van der Waals surface area (Å²) in [6.45, 7) is 0.534. The van der Waals surface area contributed by atoms with Crippen molar-refractivity contribution in [2.75, 3.05) is 6.73 Å². The van der Waals surface area contributed by atoms with Crippen molar-refractivity contribution in [3.8, 4) is 0 Å². The molecule has 1 aliphatic rings. The summed E-state index contributed by atoms with van der Waals surface area (Å²) in [5, 5.41) is 0. The summed E-state index contributed by atoms with van der Waals surface area (Å²) in [5.74, 6) is 0. The number of nitrogens with one attached hydrogen (secondary N) is 2. The van der Waals surface area contributed by atoms with E-state index in [1.54, 1.807) is 0 Å². The highest BCUT2D eigenvalue weighted by molar-refractivity contribution is 8.26. The van der Waals surface area contributed by atoms with Crippen LogP contribution in [0.2, 0.25) is 0 Å². The zero-order valence-corrected chi connectivity index (χ0v) is 4.56. The lowest BCUT2D eigenvalue weighted by Crippen LogP contribution is -2.11. The maximum absolute atomic E-state index is 4.68. The lowest BCUT2D eigenvalue weighted by Gasteiger charge is -1.82. The molecule has 0 aromatic heterocycles. The Hall–Kier alpha value is 0.450. The number of hydrogen-bond acceptors (Lipinski definition) is 2. The molecule has 36 valence electrons. The van der Waals surface area contributed by atoms with Crippen LogP contribution in [0.15, 0.2) is 0 Å². The average Bonchev–Trinajstić information content (AvgIpc) is 1.86. The molecule has 0 amide bonds. The topological polar surface area (TPSA) is 33.3 Å². The molecule has 1 saturated heterocycles. The highest BCUT2D eigenvalue weighted by Crippen LogP contribution is 1.76. The molecule has 5 heteroatoms. The van der Waals surface area contributed by atoms with Gasteiger partial charge < -0.3 is 0 Å². The molecule has 2 N–H and O–H groups in total. The lowest BCUT2D eigenvalue weighted by atomic mass is 11.4. The minimum absolute atomic E-state index is 0.312. The van der Waals surface area contributed by atoms with Crippen LogP contribution < -0.4 is 9.61 Å². The van der Waals surface area contributed by atoms with E-state index in [1.807, 2.05) is 0 Å². The SMILES string of the molecule is S=S1NCON1. The van der Waals surface area contributed by atoms with Crippen LogP contribution in [0.25, 0.3) is 0 Å². The second-order valence-corrected chi connectivity index (χ2v) is 2.78. The van der Waals surface area contributed by atoms with Crippen LogP contribution in [0.3, 0.4) is 0 Å². The zero-order valence-electron chi connectivity index (χ0n) is 2.93. The summed E-state index contributed by atoms with van der Waals surface area (Å²) >= 11 is 4.68. The second kappa shape index (κ2) is 1.94. The minimum Gasteiger partial charge on any atom is -0.273 e. The lowest BCUT2D eigenvalue weighted by molar-refractivity contribution is 0.121. The molecule has 0 saturated carbocycles. The van der Waals surface area contributed by atoms with E-state index in [0.29, 0.717) is 6.73 Å². The summed E-state index contributed by atoms with van der Waals surface area (Å²) in [5.41, 5.74) is 0. The summed E-state index contributed by atoms with van der Waals surface area (Å²) in [7, 11) is -0.312. The zero-order chi connectivity index (χ0) is 4.41. The van der Waals surface area contributed by atoms with Crippen molar-refractivity contribution in [1.82, 2.24) is 9.61 Å². The Balaban J connectivity index is 2.37. The van der Waals surface area contributed by atoms with Gasteiger partial charge in [-0.1, -0.05) is 0 Å². The van der Waals surface area contributed by atoms with E-state index >= 15 is 0 Å². The first kappa shape index (κ1) is 4.61. The Bertz CT molecular complexity index is 65.9. The van der Waals surface area contributed by atoms with Gasteiger partial charge in [0.25, 0.3) is 0 Å². The van der Waals surface area contributed by atoms with Gasteiger partial charge in [0, 0.05) is 9.83 Å². The third-order valence-corrected chi connectivity index (χ3v) is 1.60. The van der Waals surface area contributed by atoms with Crippen LogP contribution in [0.5, 0.6) is 0 Å². The van der Waals surface area contributed by atoms with E-state index < -0.39 is 0 Å². The third-order valence-electron chi connectivity index (χ3n) is 0.397. The summed E-state index contributed by atoms with van der Waals surface area (Å²) < 4.78 is 2.83. The summed E-state index contributed by atoms with van der Waals surface area (Å²) in [4.78, 5) is 7.15. The fourth-order valence-electron chi connectivity index (χ4n) is 0.195. The van der Waals surface area contributed by atoms with Gasteiger partial charge in [-0.05, 0) is 11.2 Å². The average molecular weight is 124 g/mol. The Labute approximate surface area is 42.9 Å². The smallest absolute Gasteiger partial charge is 0.130 e. The van der Waals surface area contributed by atoms with Crippen molar-refractivity contribution in [1.29, 1.82) is 0 Å². The molecule has 0 bridgehead atoms. The predicted octanol–water partition coefficient (Wildman–Crippen LogP) is -1.02. The second-order valence-electron chi connectivity index (χ2n) is 0.785. The van der Waals surface area contributed by atoms with E-state index in [0.717, 1.165) is 0 Å². The molecule has 1 fully saturated rings. The molecule has 1 unspecified atom stereocenters. The van der Waals surface area contributed by atoms with Crippen LogP contribution in [0, 0.1) is 0 Å². The molecule has 1 rings (SSSR count). The highest BCUT2D eigenvalue weighted by atomic mass is 32.8. The van der Waals surface area contributed by atoms with Crippen molar-refractivity contribution >= 4 is 21.0 Å². The van der Waals surface area contributed by atoms with Crippen LogP contribution in [0.4, 0.5) is 0 Å². The molecule has 0 radical (unpaired) electrons. The van der Waals surface area contributed by atoms with Crippen LogP contribution in [-0.2, 0) is 25.9 Å². The molecule has 1 aliphatic heterocycles. The Kier molecular flexibility index (Phi) is 1.49.